The molecule has 0 saturated carbocycles. The van der Waals surface area contributed by atoms with Crippen molar-refractivity contribution >= 4 is 17.4 Å². The van der Waals surface area contributed by atoms with Gasteiger partial charge in [0.05, 0.1) is 18.2 Å². The van der Waals surface area contributed by atoms with Crippen LogP contribution in [0.5, 0.6) is 0 Å². The Morgan fingerprint density at radius 2 is 2.09 bits per heavy atom. The summed E-state index contributed by atoms with van der Waals surface area (Å²) in [7, 11) is 0. The molecule has 1 aliphatic heterocycles. The minimum atomic E-state index is -0.0475. The predicted molar refractivity (Wildman–Crippen MR) is 127 cm³/mol. The van der Waals surface area contributed by atoms with Crippen LogP contribution >= 0.6 is 0 Å². The molecule has 33 heavy (non-hydrogen) atoms. The minimum absolute atomic E-state index is 0.0475. The van der Waals surface area contributed by atoms with Gasteiger partial charge in [-0.3, -0.25) is 4.79 Å². The first-order valence-electron chi connectivity index (χ1n) is 11.4. The second kappa shape index (κ2) is 9.83. The van der Waals surface area contributed by atoms with E-state index >= 15 is 0 Å². The van der Waals surface area contributed by atoms with Gasteiger partial charge in [0, 0.05) is 49.2 Å². The van der Waals surface area contributed by atoms with Crippen LogP contribution in [-0.2, 0) is 6.54 Å². The van der Waals surface area contributed by atoms with E-state index in [0.717, 1.165) is 55.2 Å². The van der Waals surface area contributed by atoms with Crippen LogP contribution in [0.3, 0.4) is 0 Å². The van der Waals surface area contributed by atoms with Crippen LogP contribution in [0.1, 0.15) is 29.6 Å². The van der Waals surface area contributed by atoms with E-state index < -0.39 is 0 Å². The lowest BCUT2D eigenvalue weighted by Gasteiger charge is -2.11. The van der Waals surface area contributed by atoms with Crippen molar-refractivity contribution < 1.29 is 4.79 Å². The van der Waals surface area contributed by atoms with Crippen LogP contribution in [0.2, 0.25) is 0 Å². The van der Waals surface area contributed by atoms with Crippen LogP contribution < -0.4 is 16.0 Å². The van der Waals surface area contributed by atoms with Gasteiger partial charge >= 0.3 is 0 Å². The number of hydrogen-bond donors (Lipinski definition) is 3. The number of benzene rings is 1. The first kappa shape index (κ1) is 21.1. The molecule has 4 aromatic rings. The summed E-state index contributed by atoms with van der Waals surface area (Å²) in [5, 5.41) is 14.5. The molecule has 9 heteroatoms. The smallest absolute Gasteiger partial charge is 0.251 e. The first-order valence-corrected chi connectivity index (χ1v) is 11.4. The SMILES string of the molecule is O=C(NCC1CCCN1)c1ccc(-c2cnc3ccc(NCCCn4ccnc4)nn23)cc1. The largest absolute Gasteiger partial charge is 0.369 e. The van der Waals surface area contributed by atoms with E-state index in [1.165, 1.54) is 6.42 Å². The van der Waals surface area contributed by atoms with E-state index in [4.69, 9.17) is 5.10 Å². The predicted octanol–water partition coefficient (Wildman–Crippen LogP) is 2.58. The summed E-state index contributed by atoms with van der Waals surface area (Å²) < 4.78 is 3.89. The number of carbonyl (C=O) groups excluding carboxylic acids is 1. The summed E-state index contributed by atoms with van der Waals surface area (Å²) in [6, 6.07) is 11.9. The second-order valence-corrected chi connectivity index (χ2v) is 8.29. The van der Waals surface area contributed by atoms with Crippen molar-refractivity contribution in [2.75, 3.05) is 25.0 Å². The lowest BCUT2D eigenvalue weighted by atomic mass is 10.1. The summed E-state index contributed by atoms with van der Waals surface area (Å²) in [6.07, 6.45) is 10.6. The number of fused-ring (bicyclic) bond motifs is 1. The molecule has 0 aliphatic carbocycles. The van der Waals surface area contributed by atoms with Crippen molar-refractivity contribution in [1.29, 1.82) is 0 Å². The zero-order valence-corrected chi connectivity index (χ0v) is 18.4. The minimum Gasteiger partial charge on any atom is -0.369 e. The lowest BCUT2D eigenvalue weighted by molar-refractivity contribution is 0.0950. The zero-order chi connectivity index (χ0) is 22.5. The molecular weight excluding hydrogens is 416 g/mol. The maximum absolute atomic E-state index is 12.5. The maximum atomic E-state index is 12.5. The van der Waals surface area contributed by atoms with Gasteiger partial charge in [0.25, 0.3) is 5.91 Å². The molecule has 1 unspecified atom stereocenters. The van der Waals surface area contributed by atoms with Crippen molar-refractivity contribution in [3.63, 3.8) is 0 Å². The molecule has 1 aliphatic rings. The quantitative estimate of drug-likeness (QED) is 0.343. The number of nitrogens with zero attached hydrogens (tertiary/aromatic N) is 5. The van der Waals surface area contributed by atoms with Gasteiger partial charge in [-0.2, -0.15) is 0 Å². The molecule has 0 spiro atoms. The van der Waals surface area contributed by atoms with E-state index in [1.807, 2.05) is 59.6 Å². The monoisotopic (exact) mass is 444 g/mol. The third kappa shape index (κ3) is 5.04. The van der Waals surface area contributed by atoms with Crippen LogP contribution in [-0.4, -0.2) is 55.7 Å². The highest BCUT2D eigenvalue weighted by atomic mass is 16.1. The average molecular weight is 445 g/mol. The van der Waals surface area contributed by atoms with Crippen LogP contribution in [0.15, 0.2) is 61.3 Å². The number of amides is 1. The fourth-order valence-corrected chi connectivity index (χ4v) is 4.10. The van der Waals surface area contributed by atoms with Crippen molar-refractivity contribution in [3.8, 4) is 11.3 Å². The molecule has 1 saturated heterocycles. The Balaban J connectivity index is 1.23. The number of hydrogen-bond acceptors (Lipinski definition) is 6. The number of nitrogens with one attached hydrogen (secondary N) is 3. The molecule has 5 rings (SSSR count). The molecule has 0 radical (unpaired) electrons. The zero-order valence-electron chi connectivity index (χ0n) is 18.4. The molecule has 170 valence electrons. The lowest BCUT2D eigenvalue weighted by Crippen LogP contribution is -2.37. The normalized spacial score (nSPS) is 15.7. The topological polar surface area (TPSA) is 101 Å². The number of anilines is 1. The van der Waals surface area contributed by atoms with Gasteiger partial charge in [-0.15, -0.1) is 5.10 Å². The van der Waals surface area contributed by atoms with Crippen molar-refractivity contribution in [2.24, 2.45) is 0 Å². The second-order valence-electron chi connectivity index (χ2n) is 8.29. The summed E-state index contributed by atoms with van der Waals surface area (Å²) in [4.78, 5) is 21.0. The Bertz CT molecular complexity index is 1190. The third-order valence-electron chi connectivity index (χ3n) is 5.93. The van der Waals surface area contributed by atoms with E-state index in [9.17, 15) is 4.79 Å². The van der Waals surface area contributed by atoms with Gasteiger partial charge in [0.1, 0.15) is 5.82 Å². The Kier molecular flexibility index (Phi) is 6.30. The number of imidazole rings is 2. The van der Waals surface area contributed by atoms with Gasteiger partial charge in [-0.25, -0.2) is 14.5 Å². The fraction of sp³-hybridized carbons (Fsp3) is 0.333. The molecule has 3 aromatic heterocycles. The fourth-order valence-electron chi connectivity index (χ4n) is 4.10. The highest BCUT2D eigenvalue weighted by Crippen LogP contribution is 2.21. The van der Waals surface area contributed by atoms with Gasteiger partial charge in [0.2, 0.25) is 0 Å². The molecule has 1 atom stereocenters. The van der Waals surface area contributed by atoms with E-state index in [2.05, 4.69) is 30.5 Å². The van der Waals surface area contributed by atoms with Crippen molar-refractivity contribution in [2.45, 2.75) is 31.8 Å². The summed E-state index contributed by atoms with van der Waals surface area (Å²) in [6.45, 7) is 3.41. The van der Waals surface area contributed by atoms with Gasteiger partial charge in [-0.1, -0.05) is 12.1 Å². The van der Waals surface area contributed by atoms with Crippen molar-refractivity contribution in [1.82, 2.24) is 34.8 Å². The Labute approximate surface area is 192 Å². The molecule has 9 nitrogen and oxygen atoms in total. The highest BCUT2D eigenvalue weighted by Gasteiger charge is 2.15. The molecule has 0 bridgehead atoms. The Morgan fingerprint density at radius 1 is 1.18 bits per heavy atom. The molecule has 1 amide bonds. The van der Waals surface area contributed by atoms with E-state index in [0.29, 0.717) is 18.2 Å². The maximum Gasteiger partial charge on any atom is 0.251 e. The molecule has 4 heterocycles. The van der Waals surface area contributed by atoms with Crippen LogP contribution in [0, 0.1) is 0 Å². The number of rotatable bonds is 9. The van der Waals surface area contributed by atoms with Crippen molar-refractivity contribution in [3.05, 3.63) is 66.9 Å². The molecule has 1 aromatic carbocycles. The summed E-state index contributed by atoms with van der Waals surface area (Å²) in [5.41, 5.74) is 3.27. The van der Waals surface area contributed by atoms with E-state index in [-0.39, 0.29) is 5.91 Å². The Morgan fingerprint density at radius 3 is 2.88 bits per heavy atom. The standard InChI is InChI=1S/C24H28N8O/c33-24(29-15-20-3-1-10-26-20)19-6-4-18(5-7-19)21-16-28-23-9-8-22(30-32(21)23)27-11-2-13-31-14-12-25-17-31/h4-9,12,14,16-17,20,26H,1-3,10-11,13,15H2,(H,27,30)(H,29,33). The average Bonchev–Trinajstić information content (AvgIpc) is 3.62. The molecule has 3 N–H and O–H groups in total. The number of aryl methyl sites for hydroxylation is 1. The van der Waals surface area contributed by atoms with Crippen LogP contribution in [0.25, 0.3) is 16.9 Å². The van der Waals surface area contributed by atoms with Gasteiger partial charge < -0.3 is 20.5 Å². The summed E-state index contributed by atoms with van der Waals surface area (Å²) in [5.74, 6) is 0.748. The first-order chi connectivity index (χ1) is 16.3. The number of carbonyl (C=O) groups is 1. The Hall–Kier alpha value is -3.72. The number of aromatic nitrogens is 5. The molecule has 1 fully saturated rings. The van der Waals surface area contributed by atoms with E-state index in [1.54, 1.807) is 6.20 Å². The summed E-state index contributed by atoms with van der Waals surface area (Å²) >= 11 is 0. The van der Waals surface area contributed by atoms with Gasteiger partial charge in [-0.05, 0) is 50.1 Å². The highest BCUT2D eigenvalue weighted by molar-refractivity contribution is 5.94. The molecular formula is C24H28N8O. The van der Waals surface area contributed by atoms with Crippen LogP contribution in [0.4, 0.5) is 5.82 Å². The van der Waals surface area contributed by atoms with Gasteiger partial charge in [0.15, 0.2) is 5.65 Å². The third-order valence-corrected chi connectivity index (χ3v) is 5.93.